The van der Waals surface area contributed by atoms with E-state index in [1.165, 1.54) is 0 Å². The van der Waals surface area contributed by atoms with Crippen molar-refractivity contribution in [3.05, 3.63) is 17.1 Å². The molecule has 96 valence electrons. The van der Waals surface area contributed by atoms with Crippen LogP contribution in [0.25, 0.3) is 0 Å². The fourth-order valence-electron chi connectivity index (χ4n) is 1.41. The van der Waals surface area contributed by atoms with Crippen LogP contribution in [-0.2, 0) is 5.75 Å². The highest BCUT2D eigenvalue weighted by atomic mass is 32.2. The van der Waals surface area contributed by atoms with Crippen molar-refractivity contribution in [3.8, 4) is 0 Å². The molecule has 0 aliphatic carbocycles. The summed E-state index contributed by atoms with van der Waals surface area (Å²) in [6.45, 7) is 11.6. The second-order valence-electron chi connectivity index (χ2n) is 4.49. The molecule has 0 saturated heterocycles. The molecule has 0 spiro atoms. The molecular formula is C13H23N3S. The molecule has 1 N–H and O–H groups in total. The average molecular weight is 253 g/mol. The maximum atomic E-state index is 4.60. The van der Waals surface area contributed by atoms with Crippen LogP contribution in [0, 0.1) is 13.8 Å². The normalized spacial score (nSPS) is 10.9. The van der Waals surface area contributed by atoms with Crippen molar-refractivity contribution in [2.45, 2.75) is 52.0 Å². The minimum absolute atomic E-state index is 0.618. The molecule has 4 heteroatoms. The third-order valence-electron chi connectivity index (χ3n) is 2.52. The molecule has 1 aromatic rings. The van der Waals surface area contributed by atoms with Gasteiger partial charge in [0.1, 0.15) is 11.6 Å². The predicted molar refractivity (Wildman–Crippen MR) is 76.7 cm³/mol. The summed E-state index contributed by atoms with van der Waals surface area (Å²) in [4.78, 5) is 9.14. The Kier molecular flexibility index (Phi) is 5.75. The number of aromatic nitrogens is 2. The summed E-state index contributed by atoms with van der Waals surface area (Å²) in [6, 6.07) is 0. The number of nitrogens with one attached hydrogen (secondary N) is 1. The van der Waals surface area contributed by atoms with E-state index in [9.17, 15) is 0 Å². The summed E-state index contributed by atoms with van der Waals surface area (Å²) in [5, 5.41) is 3.99. The number of thioether (sulfide) groups is 1. The third kappa shape index (κ3) is 4.54. The molecule has 3 nitrogen and oxygen atoms in total. The Labute approximate surface area is 109 Å². The molecule has 0 aromatic carbocycles. The standard InChI is InChI=1S/C13H23N3S/c1-6-7-14-13-10(4)11(5)15-12(16-13)8-17-9(2)3/h9H,6-8H2,1-5H3,(H,14,15,16). The van der Waals surface area contributed by atoms with Gasteiger partial charge in [-0.05, 0) is 25.5 Å². The van der Waals surface area contributed by atoms with Crippen molar-refractivity contribution in [1.82, 2.24) is 9.97 Å². The number of hydrogen-bond acceptors (Lipinski definition) is 4. The molecule has 0 saturated carbocycles. The summed E-state index contributed by atoms with van der Waals surface area (Å²) in [7, 11) is 0. The lowest BCUT2D eigenvalue weighted by Gasteiger charge is -2.12. The van der Waals surface area contributed by atoms with Gasteiger partial charge in [-0.15, -0.1) is 0 Å². The van der Waals surface area contributed by atoms with Gasteiger partial charge in [-0.3, -0.25) is 0 Å². The molecule has 0 radical (unpaired) electrons. The lowest BCUT2D eigenvalue weighted by Crippen LogP contribution is -2.09. The van der Waals surface area contributed by atoms with Gasteiger partial charge in [0.05, 0.1) is 5.75 Å². The highest BCUT2D eigenvalue weighted by molar-refractivity contribution is 7.99. The van der Waals surface area contributed by atoms with E-state index in [4.69, 9.17) is 0 Å². The summed E-state index contributed by atoms with van der Waals surface area (Å²) in [5.41, 5.74) is 2.25. The number of hydrogen-bond donors (Lipinski definition) is 1. The van der Waals surface area contributed by atoms with Crippen LogP contribution >= 0.6 is 11.8 Å². The molecule has 17 heavy (non-hydrogen) atoms. The summed E-state index contributed by atoms with van der Waals surface area (Å²) in [6.07, 6.45) is 1.11. The van der Waals surface area contributed by atoms with E-state index in [2.05, 4.69) is 49.9 Å². The molecule has 0 aliphatic heterocycles. The van der Waals surface area contributed by atoms with Gasteiger partial charge < -0.3 is 5.32 Å². The van der Waals surface area contributed by atoms with E-state index in [0.717, 1.165) is 41.6 Å². The molecule has 0 amide bonds. The Bertz CT molecular complexity index is 364. The fourth-order valence-corrected chi connectivity index (χ4v) is 2.02. The monoisotopic (exact) mass is 253 g/mol. The van der Waals surface area contributed by atoms with Gasteiger partial charge in [0.15, 0.2) is 0 Å². The van der Waals surface area contributed by atoms with Crippen LogP contribution in [0.1, 0.15) is 44.3 Å². The van der Waals surface area contributed by atoms with Crippen molar-refractivity contribution < 1.29 is 0 Å². The molecule has 0 bridgehead atoms. The summed E-state index contributed by atoms with van der Waals surface area (Å²) in [5.74, 6) is 2.82. The maximum absolute atomic E-state index is 4.60. The Balaban J connectivity index is 2.81. The SMILES string of the molecule is CCCNc1nc(CSC(C)C)nc(C)c1C. The van der Waals surface area contributed by atoms with E-state index >= 15 is 0 Å². The van der Waals surface area contributed by atoms with Gasteiger partial charge in [0, 0.05) is 17.8 Å². The molecule has 0 fully saturated rings. The van der Waals surface area contributed by atoms with Crippen LogP contribution in [0.15, 0.2) is 0 Å². The van der Waals surface area contributed by atoms with Crippen LogP contribution in [0.3, 0.4) is 0 Å². The molecular weight excluding hydrogens is 230 g/mol. The zero-order valence-electron chi connectivity index (χ0n) is 11.5. The fraction of sp³-hybridized carbons (Fsp3) is 0.692. The molecule has 0 atom stereocenters. The van der Waals surface area contributed by atoms with E-state index < -0.39 is 0 Å². The van der Waals surface area contributed by atoms with Crippen molar-refractivity contribution in [2.24, 2.45) is 0 Å². The van der Waals surface area contributed by atoms with Crippen molar-refractivity contribution in [1.29, 1.82) is 0 Å². The minimum atomic E-state index is 0.618. The van der Waals surface area contributed by atoms with E-state index in [0.29, 0.717) is 5.25 Å². The second-order valence-corrected chi connectivity index (χ2v) is 6.05. The van der Waals surface area contributed by atoms with Crippen molar-refractivity contribution in [3.63, 3.8) is 0 Å². The lowest BCUT2D eigenvalue weighted by molar-refractivity contribution is 0.926. The topological polar surface area (TPSA) is 37.8 Å². The molecule has 0 unspecified atom stereocenters. The van der Waals surface area contributed by atoms with E-state index in [-0.39, 0.29) is 0 Å². The molecule has 1 heterocycles. The Morgan fingerprint density at radius 3 is 2.53 bits per heavy atom. The van der Waals surface area contributed by atoms with Gasteiger partial charge in [-0.25, -0.2) is 9.97 Å². The highest BCUT2D eigenvalue weighted by Crippen LogP contribution is 2.19. The second kappa shape index (κ2) is 6.84. The van der Waals surface area contributed by atoms with E-state index in [1.807, 2.05) is 11.8 Å². The maximum Gasteiger partial charge on any atom is 0.140 e. The first-order valence-corrected chi connectivity index (χ1v) is 7.29. The van der Waals surface area contributed by atoms with E-state index in [1.54, 1.807) is 0 Å². The number of anilines is 1. The number of rotatable bonds is 6. The molecule has 0 aliphatic rings. The Morgan fingerprint density at radius 2 is 1.94 bits per heavy atom. The molecule has 1 rings (SSSR count). The van der Waals surface area contributed by atoms with Gasteiger partial charge in [0.25, 0.3) is 0 Å². The third-order valence-corrected chi connectivity index (χ3v) is 3.62. The van der Waals surface area contributed by atoms with Crippen LogP contribution in [0.4, 0.5) is 5.82 Å². The highest BCUT2D eigenvalue weighted by Gasteiger charge is 2.08. The zero-order chi connectivity index (χ0) is 12.8. The van der Waals surface area contributed by atoms with Gasteiger partial charge >= 0.3 is 0 Å². The largest absolute Gasteiger partial charge is 0.370 e. The van der Waals surface area contributed by atoms with Crippen LogP contribution in [-0.4, -0.2) is 21.8 Å². The summed E-state index contributed by atoms with van der Waals surface area (Å²) < 4.78 is 0. The predicted octanol–water partition coefficient (Wildman–Crippen LogP) is 3.56. The smallest absolute Gasteiger partial charge is 0.140 e. The van der Waals surface area contributed by atoms with Gasteiger partial charge in [-0.1, -0.05) is 20.8 Å². The van der Waals surface area contributed by atoms with Gasteiger partial charge in [0.2, 0.25) is 0 Å². The minimum Gasteiger partial charge on any atom is -0.370 e. The number of aryl methyl sites for hydroxylation is 1. The lowest BCUT2D eigenvalue weighted by atomic mass is 10.2. The first-order chi connectivity index (χ1) is 8.04. The summed E-state index contributed by atoms with van der Waals surface area (Å²) >= 11 is 1.88. The number of nitrogens with zero attached hydrogens (tertiary/aromatic N) is 2. The van der Waals surface area contributed by atoms with Crippen molar-refractivity contribution >= 4 is 17.6 Å². The Hall–Kier alpha value is -0.770. The van der Waals surface area contributed by atoms with Crippen LogP contribution in [0.5, 0.6) is 0 Å². The first-order valence-electron chi connectivity index (χ1n) is 6.24. The average Bonchev–Trinajstić information content (AvgIpc) is 2.28. The quantitative estimate of drug-likeness (QED) is 0.841. The molecule has 1 aromatic heterocycles. The Morgan fingerprint density at radius 1 is 1.24 bits per heavy atom. The first kappa shape index (κ1) is 14.3. The zero-order valence-corrected chi connectivity index (χ0v) is 12.3. The van der Waals surface area contributed by atoms with Crippen molar-refractivity contribution in [2.75, 3.05) is 11.9 Å². The van der Waals surface area contributed by atoms with Crippen LogP contribution < -0.4 is 5.32 Å². The van der Waals surface area contributed by atoms with Gasteiger partial charge in [-0.2, -0.15) is 11.8 Å². The van der Waals surface area contributed by atoms with Crippen LogP contribution in [0.2, 0.25) is 0 Å².